The summed E-state index contributed by atoms with van der Waals surface area (Å²) in [5.41, 5.74) is 0.832. The highest BCUT2D eigenvalue weighted by Gasteiger charge is 2.39. The summed E-state index contributed by atoms with van der Waals surface area (Å²) in [6.07, 6.45) is 10.1. The number of carbonyl (C=O) groups excluding carboxylic acids is 2. The molecule has 0 aromatic heterocycles. The number of hydrogen-bond donors (Lipinski definition) is 1. The van der Waals surface area contributed by atoms with Crippen molar-refractivity contribution in [2.24, 2.45) is 0 Å². The number of amides is 1. The number of unbranched alkanes of at least 4 members (excludes halogenated alkanes) is 5. The topological polar surface area (TPSA) is 111 Å². The van der Waals surface area contributed by atoms with Gasteiger partial charge in [0.1, 0.15) is 0 Å². The van der Waals surface area contributed by atoms with Gasteiger partial charge in [0.2, 0.25) is 0 Å². The van der Waals surface area contributed by atoms with Crippen LogP contribution in [0.2, 0.25) is 6.04 Å². The second-order valence-electron chi connectivity index (χ2n) is 9.53. The predicted molar refractivity (Wildman–Crippen MR) is 166 cm³/mol. The number of hydrogen-bond acceptors (Lipinski definition) is 9. The van der Waals surface area contributed by atoms with E-state index >= 15 is 0 Å². The lowest BCUT2D eigenvalue weighted by Gasteiger charge is -2.28. The van der Waals surface area contributed by atoms with Gasteiger partial charge in [-0.25, -0.2) is 9.59 Å². The van der Waals surface area contributed by atoms with Gasteiger partial charge < -0.3 is 37.5 Å². The fourth-order valence-electron chi connectivity index (χ4n) is 4.08. The van der Waals surface area contributed by atoms with E-state index in [1.807, 2.05) is 39.0 Å². The molecule has 0 aliphatic heterocycles. The van der Waals surface area contributed by atoms with Crippen molar-refractivity contribution in [3.8, 4) is 11.5 Å². The quantitative estimate of drug-likeness (QED) is 0.0570. The van der Waals surface area contributed by atoms with Crippen molar-refractivity contribution in [1.29, 1.82) is 0 Å². The van der Waals surface area contributed by atoms with E-state index in [0.29, 0.717) is 70.1 Å². The zero-order valence-electron chi connectivity index (χ0n) is 26.4. The molecule has 1 aromatic rings. The van der Waals surface area contributed by atoms with Gasteiger partial charge in [0.15, 0.2) is 11.5 Å². The Bertz CT molecular complexity index is 880. The van der Waals surface area contributed by atoms with E-state index in [1.165, 1.54) is 13.2 Å². The summed E-state index contributed by atoms with van der Waals surface area (Å²) in [5.74, 6) is 0.943. The van der Waals surface area contributed by atoms with Crippen LogP contribution in [0.1, 0.15) is 84.6 Å². The lowest BCUT2D eigenvalue weighted by molar-refractivity contribution is -0.134. The normalized spacial score (nSPS) is 11.5. The summed E-state index contributed by atoms with van der Waals surface area (Å²) < 4.78 is 39.5. The number of benzene rings is 1. The monoisotopic (exact) mass is 611 g/mol. The fourth-order valence-corrected chi connectivity index (χ4v) is 6.69. The van der Waals surface area contributed by atoms with E-state index in [0.717, 1.165) is 50.5 Å². The minimum absolute atomic E-state index is 0.374. The molecule has 42 heavy (non-hydrogen) atoms. The third-order valence-corrected chi connectivity index (χ3v) is 9.29. The number of methoxy groups -OCH3 is 1. The van der Waals surface area contributed by atoms with Crippen LogP contribution < -0.4 is 14.8 Å². The van der Waals surface area contributed by atoms with Crippen molar-refractivity contribution < 1.29 is 41.8 Å². The predicted octanol–water partition coefficient (Wildman–Crippen LogP) is 6.55. The van der Waals surface area contributed by atoms with E-state index in [2.05, 4.69) is 17.0 Å². The number of nitrogens with one attached hydrogen (secondary N) is 1. The average molecular weight is 612 g/mol. The molecule has 0 bridgehead atoms. The summed E-state index contributed by atoms with van der Waals surface area (Å²) in [6.45, 7) is 11.6. The molecule has 1 N–H and O–H groups in total. The van der Waals surface area contributed by atoms with Crippen molar-refractivity contribution in [2.45, 2.75) is 85.1 Å². The first-order valence-electron chi connectivity index (χ1n) is 15.4. The summed E-state index contributed by atoms with van der Waals surface area (Å²) in [5, 5.41) is 2.79. The number of ether oxygens (including phenoxy) is 4. The maximum absolute atomic E-state index is 12.0. The maximum atomic E-state index is 12.0. The molecule has 0 heterocycles. The Morgan fingerprint density at radius 3 is 2.02 bits per heavy atom. The van der Waals surface area contributed by atoms with Crippen LogP contribution in [0.25, 0.3) is 6.08 Å². The number of rotatable bonds is 25. The van der Waals surface area contributed by atoms with Crippen molar-refractivity contribution in [1.82, 2.24) is 5.32 Å². The number of esters is 1. The second kappa shape index (κ2) is 23.9. The van der Waals surface area contributed by atoms with Crippen LogP contribution in [-0.2, 0) is 27.5 Å². The van der Waals surface area contributed by atoms with Crippen LogP contribution in [0.4, 0.5) is 4.79 Å². The van der Waals surface area contributed by atoms with E-state index in [-0.39, 0.29) is 0 Å². The molecule has 0 spiro atoms. The van der Waals surface area contributed by atoms with Gasteiger partial charge in [-0.15, -0.1) is 0 Å². The molecule has 0 radical (unpaired) electrons. The first-order chi connectivity index (χ1) is 20.4. The first kappa shape index (κ1) is 37.4. The Hall–Kier alpha value is -2.60. The maximum Gasteiger partial charge on any atom is 0.500 e. The van der Waals surface area contributed by atoms with Gasteiger partial charge in [-0.2, -0.15) is 0 Å². The van der Waals surface area contributed by atoms with Gasteiger partial charge in [-0.1, -0.05) is 25.8 Å². The summed E-state index contributed by atoms with van der Waals surface area (Å²) in [6, 6.07) is 6.27. The molecule has 1 aromatic carbocycles. The zero-order chi connectivity index (χ0) is 30.9. The molecule has 10 nitrogen and oxygen atoms in total. The first-order valence-corrected chi connectivity index (χ1v) is 17.3. The number of carbonyl (C=O) groups is 2. The van der Waals surface area contributed by atoms with Crippen LogP contribution in [0.15, 0.2) is 24.3 Å². The van der Waals surface area contributed by atoms with Gasteiger partial charge >= 0.3 is 20.9 Å². The van der Waals surface area contributed by atoms with Gasteiger partial charge in [0.05, 0.1) is 26.9 Å². The van der Waals surface area contributed by atoms with Crippen LogP contribution in [-0.4, -0.2) is 74.2 Å². The third kappa shape index (κ3) is 16.7. The Morgan fingerprint density at radius 2 is 1.40 bits per heavy atom. The van der Waals surface area contributed by atoms with Gasteiger partial charge in [-0.3, -0.25) is 0 Å². The minimum atomic E-state index is -2.69. The standard InChI is InChI=1S/C31H53NO9Si/c1-6-10-13-22-37-29-26-27(18-20-30(33)35-5)17-19-28(29)36-23-14-11-12-15-24-38-31(34)32-21-16-25-42(39-7-2,40-8-3)41-9-4/h17-20,26H,6-16,21-25H2,1-5H3,(H,32,34). The summed E-state index contributed by atoms with van der Waals surface area (Å²) >= 11 is 0. The SMILES string of the molecule is CCCCCOc1cc(C=CC(=O)OC)ccc1OCCCCCCOC(=O)NCCC[Si](OCC)(OCC)OCC. The Balaban J connectivity index is 2.31. The van der Waals surface area contributed by atoms with Crippen LogP contribution in [0.3, 0.4) is 0 Å². The zero-order valence-corrected chi connectivity index (χ0v) is 27.4. The molecule has 1 amide bonds. The molecule has 240 valence electrons. The van der Waals surface area contributed by atoms with E-state index in [9.17, 15) is 9.59 Å². The van der Waals surface area contributed by atoms with Crippen LogP contribution in [0.5, 0.6) is 11.5 Å². The highest BCUT2D eigenvalue weighted by atomic mass is 28.4. The molecule has 0 saturated heterocycles. The molecular weight excluding hydrogens is 558 g/mol. The molecule has 0 unspecified atom stereocenters. The van der Waals surface area contributed by atoms with Crippen LogP contribution in [0, 0.1) is 0 Å². The van der Waals surface area contributed by atoms with E-state index in [1.54, 1.807) is 6.08 Å². The van der Waals surface area contributed by atoms with E-state index in [4.69, 9.17) is 27.5 Å². The van der Waals surface area contributed by atoms with E-state index < -0.39 is 20.9 Å². The van der Waals surface area contributed by atoms with Gasteiger partial charge in [-0.05, 0) is 83.1 Å². The Labute approximate surface area is 253 Å². The Kier molecular flexibility index (Phi) is 21.3. The fraction of sp³-hybridized carbons (Fsp3) is 0.677. The van der Waals surface area contributed by atoms with Gasteiger partial charge in [0, 0.05) is 38.5 Å². The van der Waals surface area contributed by atoms with Crippen molar-refractivity contribution >= 4 is 26.9 Å². The second-order valence-corrected chi connectivity index (χ2v) is 12.3. The molecule has 0 fully saturated rings. The molecule has 11 heteroatoms. The Morgan fingerprint density at radius 1 is 0.786 bits per heavy atom. The van der Waals surface area contributed by atoms with Crippen molar-refractivity contribution in [3.05, 3.63) is 29.8 Å². The number of alkyl carbamates (subject to hydrolysis) is 1. The molecular formula is C31H53NO9Si. The molecule has 0 atom stereocenters. The van der Waals surface area contributed by atoms with Gasteiger partial charge in [0.25, 0.3) is 0 Å². The molecule has 1 rings (SSSR count). The summed E-state index contributed by atoms with van der Waals surface area (Å²) in [4.78, 5) is 23.4. The largest absolute Gasteiger partial charge is 0.500 e. The minimum Gasteiger partial charge on any atom is -0.490 e. The lowest BCUT2D eigenvalue weighted by Crippen LogP contribution is -2.46. The molecule has 0 saturated carbocycles. The highest BCUT2D eigenvalue weighted by molar-refractivity contribution is 6.60. The van der Waals surface area contributed by atoms with Crippen LogP contribution >= 0.6 is 0 Å². The molecule has 0 aliphatic carbocycles. The lowest BCUT2D eigenvalue weighted by atomic mass is 10.2. The van der Waals surface area contributed by atoms with Crippen molar-refractivity contribution in [3.63, 3.8) is 0 Å². The van der Waals surface area contributed by atoms with Crippen molar-refractivity contribution in [2.75, 3.05) is 53.3 Å². The molecule has 0 aliphatic rings. The third-order valence-electron chi connectivity index (χ3n) is 6.14. The summed E-state index contributed by atoms with van der Waals surface area (Å²) in [7, 11) is -1.34. The highest BCUT2D eigenvalue weighted by Crippen LogP contribution is 2.29. The smallest absolute Gasteiger partial charge is 0.490 e. The average Bonchev–Trinajstić information content (AvgIpc) is 2.98.